The van der Waals surface area contributed by atoms with Crippen molar-refractivity contribution in [1.82, 2.24) is 14.0 Å². The van der Waals surface area contributed by atoms with Crippen molar-refractivity contribution in [3.8, 4) is 0 Å². The average Bonchev–Trinajstić information content (AvgIpc) is 2.71. The summed E-state index contributed by atoms with van der Waals surface area (Å²) in [6.07, 6.45) is -0.207. The third-order valence-electron chi connectivity index (χ3n) is 5.22. The Labute approximate surface area is 167 Å². The number of hydrogen-bond donors (Lipinski definition) is 1. The van der Waals surface area contributed by atoms with E-state index in [1.165, 1.54) is 14.1 Å². The highest BCUT2D eigenvalue weighted by Gasteiger charge is 2.32. The molecule has 0 saturated carbocycles. The molecule has 2 atom stereocenters. The minimum Gasteiger partial charge on any atom is -0.384 e. The summed E-state index contributed by atoms with van der Waals surface area (Å²) < 4.78 is 7.84. The first-order valence-corrected chi connectivity index (χ1v) is 9.31. The van der Waals surface area contributed by atoms with E-state index in [-0.39, 0.29) is 17.5 Å². The first kappa shape index (κ1) is 20.3. The number of ether oxygens (including phenoxy) is 1. The molecule has 8 nitrogen and oxygen atoms in total. The van der Waals surface area contributed by atoms with Crippen LogP contribution in [-0.4, -0.2) is 45.6 Å². The molecule has 3 rings (SSSR count). The van der Waals surface area contributed by atoms with Gasteiger partial charge in [-0.05, 0) is 24.6 Å². The average molecular weight is 407 g/mol. The van der Waals surface area contributed by atoms with Crippen molar-refractivity contribution in [1.29, 1.82) is 0 Å². The van der Waals surface area contributed by atoms with Crippen LogP contribution in [0.1, 0.15) is 28.9 Å². The molecule has 0 bridgehead atoms. The molecule has 1 aliphatic rings. The highest BCUT2D eigenvalue weighted by molar-refractivity contribution is 6.30. The number of hydrogen-bond acceptors (Lipinski definition) is 6. The molecule has 1 fully saturated rings. The van der Waals surface area contributed by atoms with E-state index in [2.05, 4.69) is 0 Å². The fourth-order valence-electron chi connectivity index (χ4n) is 3.37. The van der Waals surface area contributed by atoms with Crippen LogP contribution in [0.4, 0.5) is 5.82 Å². The zero-order valence-electron chi connectivity index (χ0n) is 16.0. The third-order valence-corrected chi connectivity index (χ3v) is 5.48. The molecular formula is C19H23ClN4O4. The number of benzene rings is 1. The Bertz CT molecular complexity index is 1010. The number of nitrogen functional groups attached to an aromatic ring is 1. The topological polar surface area (TPSA) is 99.6 Å². The van der Waals surface area contributed by atoms with Gasteiger partial charge in [-0.15, -0.1) is 0 Å². The molecule has 1 aromatic carbocycles. The van der Waals surface area contributed by atoms with Gasteiger partial charge in [0.25, 0.3) is 5.56 Å². The van der Waals surface area contributed by atoms with E-state index in [1.807, 2.05) is 17.0 Å². The van der Waals surface area contributed by atoms with Crippen LogP contribution < -0.4 is 17.0 Å². The molecule has 9 heteroatoms. The van der Waals surface area contributed by atoms with Gasteiger partial charge >= 0.3 is 5.69 Å². The fourth-order valence-corrected chi connectivity index (χ4v) is 3.49. The second-order valence-electron chi connectivity index (χ2n) is 6.91. The largest absolute Gasteiger partial charge is 0.384 e. The Kier molecular flexibility index (Phi) is 5.74. The number of nitrogens with two attached hydrogens (primary N) is 1. The van der Waals surface area contributed by atoms with Crippen LogP contribution in [0.3, 0.4) is 0 Å². The minimum atomic E-state index is -0.681. The van der Waals surface area contributed by atoms with Crippen molar-refractivity contribution >= 4 is 23.2 Å². The molecule has 2 aromatic rings. The summed E-state index contributed by atoms with van der Waals surface area (Å²) in [5, 5.41) is 0.640. The van der Waals surface area contributed by atoms with Gasteiger partial charge in [0.05, 0.1) is 18.8 Å². The van der Waals surface area contributed by atoms with Gasteiger partial charge in [0.15, 0.2) is 5.78 Å². The van der Waals surface area contributed by atoms with E-state index in [0.717, 1.165) is 14.7 Å². The number of morpholine rings is 1. The smallest absolute Gasteiger partial charge is 0.332 e. The number of nitrogens with zero attached hydrogens (tertiary/aromatic N) is 3. The summed E-state index contributed by atoms with van der Waals surface area (Å²) in [5.41, 5.74) is 5.48. The first-order valence-electron chi connectivity index (χ1n) is 8.93. The maximum absolute atomic E-state index is 13.1. The van der Waals surface area contributed by atoms with E-state index in [4.69, 9.17) is 22.1 Å². The quantitative estimate of drug-likeness (QED) is 0.759. The normalized spacial score (nSPS) is 18.8. The molecule has 1 aromatic heterocycles. The summed E-state index contributed by atoms with van der Waals surface area (Å²) in [7, 11) is 2.76. The van der Waals surface area contributed by atoms with Gasteiger partial charge in [0.1, 0.15) is 11.4 Å². The zero-order chi connectivity index (χ0) is 20.6. The monoisotopic (exact) mass is 406 g/mol. The number of ketones is 1. The zero-order valence-corrected chi connectivity index (χ0v) is 16.8. The van der Waals surface area contributed by atoms with E-state index in [1.54, 1.807) is 19.1 Å². The minimum absolute atomic E-state index is 0.118. The Morgan fingerprint density at radius 2 is 1.86 bits per heavy atom. The lowest BCUT2D eigenvalue weighted by molar-refractivity contribution is -0.0387. The Morgan fingerprint density at radius 3 is 2.50 bits per heavy atom. The van der Waals surface area contributed by atoms with Crippen molar-refractivity contribution in [2.24, 2.45) is 14.1 Å². The van der Waals surface area contributed by atoms with Crippen molar-refractivity contribution in [3.05, 3.63) is 61.3 Å². The Hall–Kier alpha value is -2.42. The van der Waals surface area contributed by atoms with Gasteiger partial charge in [0.2, 0.25) is 0 Å². The molecule has 2 heterocycles. The van der Waals surface area contributed by atoms with Gasteiger partial charge in [0, 0.05) is 32.2 Å². The van der Waals surface area contributed by atoms with Crippen molar-refractivity contribution in [2.75, 3.05) is 25.4 Å². The molecule has 150 valence electrons. The number of Topliss-reactive ketones (excluding diaryl/α,β-unsaturated/α-hetero) is 1. The van der Waals surface area contributed by atoms with Crippen LogP contribution in [0.15, 0.2) is 33.9 Å². The third kappa shape index (κ3) is 3.63. The molecular weight excluding hydrogens is 384 g/mol. The maximum Gasteiger partial charge on any atom is 0.332 e. The lowest BCUT2D eigenvalue weighted by Crippen LogP contribution is -2.49. The van der Waals surface area contributed by atoms with Gasteiger partial charge in [-0.2, -0.15) is 0 Å². The SMILES string of the molecule is CC(C(=O)c1c(N)n(C)c(=O)n(C)c1=O)N1CCOC(c2ccc(Cl)cc2)C1. The van der Waals surface area contributed by atoms with Crippen LogP contribution in [-0.2, 0) is 18.8 Å². The molecule has 0 amide bonds. The number of rotatable bonds is 4. The Balaban J connectivity index is 1.87. The van der Waals surface area contributed by atoms with Gasteiger partial charge < -0.3 is 10.5 Å². The molecule has 0 aliphatic carbocycles. The van der Waals surface area contributed by atoms with Crippen molar-refractivity contribution in [3.63, 3.8) is 0 Å². The summed E-state index contributed by atoms with van der Waals surface area (Å²) in [6.45, 7) is 3.21. The van der Waals surface area contributed by atoms with E-state index in [0.29, 0.717) is 24.7 Å². The Morgan fingerprint density at radius 1 is 1.21 bits per heavy atom. The summed E-state index contributed by atoms with van der Waals surface area (Å²) >= 11 is 5.94. The van der Waals surface area contributed by atoms with E-state index < -0.39 is 23.1 Å². The lowest BCUT2D eigenvalue weighted by Gasteiger charge is -2.36. The van der Waals surface area contributed by atoms with Crippen LogP contribution in [0.2, 0.25) is 5.02 Å². The molecule has 0 radical (unpaired) electrons. The lowest BCUT2D eigenvalue weighted by atomic mass is 10.0. The van der Waals surface area contributed by atoms with Crippen LogP contribution in [0.5, 0.6) is 0 Å². The van der Waals surface area contributed by atoms with Crippen molar-refractivity contribution in [2.45, 2.75) is 19.1 Å². The van der Waals surface area contributed by atoms with E-state index >= 15 is 0 Å². The van der Waals surface area contributed by atoms with Gasteiger partial charge in [-0.1, -0.05) is 23.7 Å². The molecule has 1 aliphatic heterocycles. The predicted molar refractivity (Wildman–Crippen MR) is 107 cm³/mol. The number of carbonyl (C=O) groups excluding carboxylic acids is 1. The predicted octanol–water partition coefficient (Wildman–Crippen LogP) is 0.964. The highest BCUT2D eigenvalue weighted by atomic mass is 35.5. The van der Waals surface area contributed by atoms with Gasteiger partial charge in [-0.3, -0.25) is 23.6 Å². The molecule has 0 spiro atoms. The molecule has 28 heavy (non-hydrogen) atoms. The summed E-state index contributed by atoms with van der Waals surface area (Å²) in [6, 6.07) is 6.78. The summed E-state index contributed by atoms with van der Waals surface area (Å²) in [4.78, 5) is 39.5. The van der Waals surface area contributed by atoms with Crippen LogP contribution in [0.25, 0.3) is 0 Å². The molecule has 1 saturated heterocycles. The van der Waals surface area contributed by atoms with Crippen molar-refractivity contribution < 1.29 is 9.53 Å². The van der Waals surface area contributed by atoms with Crippen LogP contribution in [0, 0.1) is 0 Å². The molecule has 2 N–H and O–H groups in total. The number of halogens is 1. The summed E-state index contributed by atoms with van der Waals surface area (Å²) in [5.74, 6) is -0.530. The van der Waals surface area contributed by atoms with Gasteiger partial charge in [-0.25, -0.2) is 4.79 Å². The fraction of sp³-hybridized carbons (Fsp3) is 0.421. The highest BCUT2D eigenvalue weighted by Crippen LogP contribution is 2.25. The second-order valence-corrected chi connectivity index (χ2v) is 7.35. The van der Waals surface area contributed by atoms with E-state index in [9.17, 15) is 14.4 Å². The maximum atomic E-state index is 13.1. The first-order chi connectivity index (χ1) is 13.2. The standard InChI is InChI=1S/C19H23ClN4O4/c1-11(16(25)15-17(21)22(2)19(27)23(3)18(15)26)24-8-9-28-14(10-24)12-4-6-13(20)7-5-12/h4-7,11,14H,8-10,21H2,1-3H3. The second kappa shape index (κ2) is 7.90. The number of aromatic nitrogens is 2. The number of carbonyl (C=O) groups is 1. The molecule has 2 unspecified atom stereocenters. The number of anilines is 1. The van der Waals surface area contributed by atoms with Crippen LogP contribution >= 0.6 is 11.6 Å².